The van der Waals surface area contributed by atoms with Crippen molar-refractivity contribution in [3.8, 4) is 0 Å². The largest absolute Gasteiger partial charge is 0.321 e. The number of benzene rings is 2. The normalized spacial score (nSPS) is 11.2. The monoisotopic (exact) mass is 479 g/mol. The van der Waals surface area contributed by atoms with Gasteiger partial charge in [-0.25, -0.2) is 8.42 Å². The van der Waals surface area contributed by atoms with Gasteiger partial charge in [0.2, 0.25) is 0 Å². The molecule has 0 fully saturated rings. The third kappa shape index (κ3) is 4.04. The van der Waals surface area contributed by atoms with E-state index in [-0.39, 0.29) is 16.5 Å². The van der Waals surface area contributed by atoms with Gasteiger partial charge < -0.3 is 5.32 Å². The Kier molecular flexibility index (Phi) is 5.05. The van der Waals surface area contributed by atoms with Crippen molar-refractivity contribution in [2.24, 2.45) is 0 Å². The summed E-state index contributed by atoms with van der Waals surface area (Å²) in [5.74, 6) is -0.364. The summed E-state index contributed by atoms with van der Waals surface area (Å²) in [5, 5.41) is 2.65. The maximum absolute atomic E-state index is 12.3. The number of halogens is 2. The number of hydrogen-bond acceptors (Lipinski definition) is 3. The Morgan fingerprint density at radius 3 is 2.52 bits per heavy atom. The molecule has 0 aliphatic heterocycles. The van der Waals surface area contributed by atoms with Gasteiger partial charge in [0, 0.05) is 14.3 Å². The number of para-hydroxylation sites is 1. The summed E-state index contributed by atoms with van der Waals surface area (Å²) in [5.41, 5.74) is 0.723. The van der Waals surface area contributed by atoms with Crippen LogP contribution in [0.5, 0.6) is 0 Å². The van der Waals surface area contributed by atoms with Gasteiger partial charge in [-0.15, -0.1) is 0 Å². The number of amides is 1. The van der Waals surface area contributed by atoms with Gasteiger partial charge >= 0.3 is 0 Å². The molecule has 0 aliphatic rings. The van der Waals surface area contributed by atoms with Crippen LogP contribution in [-0.4, -0.2) is 20.6 Å². The number of carbonyl (C=O) groups is 1. The van der Waals surface area contributed by atoms with Gasteiger partial charge in [0.1, 0.15) is 0 Å². The highest BCUT2D eigenvalue weighted by Crippen LogP contribution is 2.24. The van der Waals surface area contributed by atoms with Crippen molar-refractivity contribution < 1.29 is 13.2 Å². The summed E-state index contributed by atoms with van der Waals surface area (Å²) in [4.78, 5) is 12.4. The molecule has 1 amide bonds. The average molecular weight is 480 g/mol. The highest BCUT2D eigenvalue weighted by molar-refractivity contribution is 14.1. The van der Waals surface area contributed by atoms with Crippen LogP contribution < -0.4 is 5.32 Å². The molecule has 0 atom stereocenters. The third-order valence-corrected chi connectivity index (χ3v) is 5.23. The summed E-state index contributed by atoms with van der Waals surface area (Å²) in [6, 6.07) is 11.7. The first-order valence-electron chi connectivity index (χ1n) is 5.84. The predicted molar refractivity (Wildman–Crippen MR) is 94.4 cm³/mol. The van der Waals surface area contributed by atoms with Crippen LogP contribution in [-0.2, 0) is 9.84 Å². The van der Waals surface area contributed by atoms with Gasteiger partial charge in [-0.05, 0) is 68.9 Å². The van der Waals surface area contributed by atoms with Crippen molar-refractivity contribution in [1.82, 2.24) is 0 Å². The van der Waals surface area contributed by atoms with E-state index in [2.05, 4.69) is 43.8 Å². The number of rotatable bonds is 3. The maximum atomic E-state index is 12.3. The Morgan fingerprint density at radius 1 is 1.19 bits per heavy atom. The van der Waals surface area contributed by atoms with Crippen molar-refractivity contribution in [1.29, 1.82) is 0 Å². The molecular weight excluding hydrogens is 469 g/mol. The molecule has 0 saturated heterocycles. The minimum Gasteiger partial charge on any atom is -0.321 e. The fourth-order valence-electron chi connectivity index (χ4n) is 1.75. The second-order valence-corrected chi connectivity index (χ2v) is 8.43. The summed E-state index contributed by atoms with van der Waals surface area (Å²) in [6.07, 6.45) is 1.11. The zero-order valence-corrected chi connectivity index (χ0v) is 15.5. The first-order chi connectivity index (χ1) is 9.79. The molecule has 4 nitrogen and oxygen atoms in total. The lowest BCUT2D eigenvalue weighted by Crippen LogP contribution is -2.15. The van der Waals surface area contributed by atoms with Crippen LogP contribution in [0.3, 0.4) is 0 Å². The molecule has 2 rings (SSSR count). The standard InChI is InChI=1S/C14H11BrINO3S/c1-21(19,20)13-5-3-2-4-12(13)17-14(18)10-8-9(16)6-7-11(10)15/h2-8H,1H3,(H,17,18). The van der Waals surface area contributed by atoms with Crippen molar-refractivity contribution in [2.75, 3.05) is 11.6 Å². The smallest absolute Gasteiger partial charge is 0.256 e. The Labute approximate surface area is 145 Å². The Balaban J connectivity index is 2.39. The van der Waals surface area contributed by atoms with Crippen molar-refractivity contribution in [3.05, 3.63) is 56.1 Å². The van der Waals surface area contributed by atoms with Gasteiger partial charge in [-0.2, -0.15) is 0 Å². The summed E-state index contributed by atoms with van der Waals surface area (Å²) in [6.45, 7) is 0. The van der Waals surface area contributed by atoms with E-state index in [0.29, 0.717) is 10.0 Å². The minimum atomic E-state index is -3.41. The lowest BCUT2D eigenvalue weighted by Gasteiger charge is -2.11. The van der Waals surface area contributed by atoms with Gasteiger partial charge in [0.15, 0.2) is 9.84 Å². The van der Waals surface area contributed by atoms with Crippen LogP contribution in [0.2, 0.25) is 0 Å². The van der Waals surface area contributed by atoms with Crippen LogP contribution in [0.25, 0.3) is 0 Å². The molecular formula is C14H11BrINO3S. The topological polar surface area (TPSA) is 63.2 Å². The highest BCUT2D eigenvalue weighted by atomic mass is 127. The number of carbonyl (C=O) groups excluding carboxylic acids is 1. The third-order valence-electron chi connectivity index (χ3n) is 2.71. The lowest BCUT2D eigenvalue weighted by molar-refractivity contribution is 0.102. The summed E-state index contributed by atoms with van der Waals surface area (Å²) < 4.78 is 25.0. The molecule has 2 aromatic carbocycles. The lowest BCUT2D eigenvalue weighted by atomic mass is 10.2. The summed E-state index contributed by atoms with van der Waals surface area (Å²) in [7, 11) is -3.41. The maximum Gasteiger partial charge on any atom is 0.256 e. The average Bonchev–Trinajstić information content (AvgIpc) is 2.41. The Hall–Kier alpha value is -0.930. The first kappa shape index (κ1) is 16.4. The second-order valence-electron chi connectivity index (χ2n) is 4.35. The fourth-order valence-corrected chi connectivity index (χ4v) is 3.52. The minimum absolute atomic E-state index is 0.0973. The van der Waals surface area contributed by atoms with Crippen LogP contribution in [0, 0.1) is 3.57 Å². The number of anilines is 1. The predicted octanol–water partition coefficient (Wildman–Crippen LogP) is 3.71. The molecule has 0 heterocycles. The Bertz CT molecular complexity index is 806. The van der Waals surface area contributed by atoms with Gasteiger partial charge in [-0.1, -0.05) is 12.1 Å². The zero-order chi connectivity index (χ0) is 15.6. The van der Waals surface area contributed by atoms with E-state index < -0.39 is 9.84 Å². The van der Waals surface area contributed by atoms with E-state index in [9.17, 15) is 13.2 Å². The number of nitrogens with one attached hydrogen (secondary N) is 1. The van der Waals surface area contributed by atoms with Crippen LogP contribution in [0.1, 0.15) is 10.4 Å². The summed E-state index contributed by atoms with van der Waals surface area (Å²) >= 11 is 5.43. The molecule has 110 valence electrons. The van der Waals surface area contributed by atoms with Gasteiger partial charge in [-0.3, -0.25) is 4.79 Å². The van der Waals surface area contributed by atoms with Gasteiger partial charge in [0.05, 0.1) is 16.1 Å². The van der Waals surface area contributed by atoms with Crippen molar-refractivity contribution >= 4 is 60.0 Å². The molecule has 0 unspecified atom stereocenters. The first-order valence-corrected chi connectivity index (χ1v) is 9.61. The quantitative estimate of drug-likeness (QED) is 0.682. The van der Waals surface area contributed by atoms with Crippen LogP contribution in [0.15, 0.2) is 51.8 Å². The number of hydrogen-bond donors (Lipinski definition) is 1. The van der Waals surface area contributed by atoms with E-state index in [4.69, 9.17) is 0 Å². The van der Waals surface area contributed by atoms with E-state index in [1.165, 1.54) is 6.07 Å². The molecule has 0 aromatic heterocycles. The number of sulfone groups is 1. The van der Waals surface area contributed by atoms with Crippen molar-refractivity contribution in [3.63, 3.8) is 0 Å². The fraction of sp³-hybridized carbons (Fsp3) is 0.0714. The van der Waals surface area contributed by atoms with E-state index in [0.717, 1.165) is 9.83 Å². The molecule has 0 aliphatic carbocycles. The molecule has 7 heteroatoms. The molecule has 0 spiro atoms. The molecule has 0 bridgehead atoms. The molecule has 21 heavy (non-hydrogen) atoms. The van der Waals surface area contributed by atoms with Crippen molar-refractivity contribution in [2.45, 2.75) is 4.90 Å². The SMILES string of the molecule is CS(=O)(=O)c1ccccc1NC(=O)c1cc(I)ccc1Br. The van der Waals surface area contributed by atoms with Gasteiger partial charge in [0.25, 0.3) is 5.91 Å². The molecule has 2 aromatic rings. The van der Waals surface area contributed by atoms with E-state index in [1.807, 2.05) is 6.07 Å². The molecule has 1 N–H and O–H groups in total. The zero-order valence-electron chi connectivity index (χ0n) is 10.9. The van der Waals surface area contributed by atoms with Crippen LogP contribution in [0.4, 0.5) is 5.69 Å². The highest BCUT2D eigenvalue weighted by Gasteiger charge is 2.16. The van der Waals surface area contributed by atoms with E-state index >= 15 is 0 Å². The van der Waals surface area contributed by atoms with E-state index in [1.54, 1.807) is 30.3 Å². The van der Waals surface area contributed by atoms with Crippen LogP contribution >= 0.6 is 38.5 Å². The molecule has 0 saturated carbocycles. The molecule has 0 radical (unpaired) electrons. The Morgan fingerprint density at radius 2 is 1.86 bits per heavy atom. The second kappa shape index (κ2) is 6.45.